The first-order valence-corrected chi connectivity index (χ1v) is 12.5. The van der Waals surface area contributed by atoms with Gasteiger partial charge in [-0.1, -0.05) is 13.8 Å². The molecule has 7 nitrogen and oxygen atoms in total. The molecule has 0 aromatic carbocycles. The standard InChI is InChI=1S/C21H28N4O3S/c1-20(2)7-14-16(15(26)8-20)21(10-25(11-21)29(27,28)9-12-3-4-12)17-18(13-5-6-13)23-24-19(17)22-14/h12-13,18,22H,3-11H2,1-2H3. The van der Waals surface area contributed by atoms with E-state index in [-0.39, 0.29) is 23.0 Å². The SMILES string of the molecule is CC1(C)CC(=O)C2=C(C1)NC1=C(C(C3CC3)N=N1)C21CN(S(=O)(=O)CC2CC2)C1. The van der Waals surface area contributed by atoms with Crippen LogP contribution in [0.15, 0.2) is 32.9 Å². The maximum absolute atomic E-state index is 13.3. The summed E-state index contributed by atoms with van der Waals surface area (Å²) in [6, 6.07) is 0.00238. The first-order chi connectivity index (χ1) is 13.7. The van der Waals surface area contributed by atoms with Crippen LogP contribution >= 0.6 is 0 Å². The molecule has 0 radical (unpaired) electrons. The fourth-order valence-electron chi connectivity index (χ4n) is 5.75. The van der Waals surface area contributed by atoms with Gasteiger partial charge in [0, 0.05) is 36.4 Å². The van der Waals surface area contributed by atoms with Crippen LogP contribution in [0.1, 0.15) is 52.4 Å². The first-order valence-electron chi connectivity index (χ1n) is 10.9. The zero-order valence-corrected chi connectivity index (χ0v) is 17.9. The third-order valence-electron chi connectivity index (χ3n) is 7.47. The third kappa shape index (κ3) is 2.71. The largest absolute Gasteiger partial charge is 0.342 e. The topological polar surface area (TPSA) is 91.2 Å². The Morgan fingerprint density at radius 3 is 2.52 bits per heavy atom. The van der Waals surface area contributed by atoms with Gasteiger partial charge in [-0.05, 0) is 49.4 Å². The van der Waals surface area contributed by atoms with Crippen LogP contribution < -0.4 is 5.32 Å². The van der Waals surface area contributed by atoms with E-state index in [0.29, 0.717) is 31.3 Å². The second kappa shape index (κ2) is 5.58. The van der Waals surface area contributed by atoms with Crippen LogP contribution in [0.4, 0.5) is 0 Å². The average Bonchev–Trinajstić information content (AvgIpc) is 3.49. The van der Waals surface area contributed by atoms with Crippen LogP contribution in [-0.4, -0.2) is 43.4 Å². The number of hydrogen-bond donors (Lipinski definition) is 1. The van der Waals surface area contributed by atoms with E-state index in [1.807, 2.05) is 0 Å². The van der Waals surface area contributed by atoms with Crippen molar-refractivity contribution < 1.29 is 13.2 Å². The molecular formula is C21H28N4O3S. The van der Waals surface area contributed by atoms with Gasteiger partial charge in [-0.2, -0.15) is 9.42 Å². The number of nitrogens with one attached hydrogen (secondary N) is 1. The van der Waals surface area contributed by atoms with Crippen molar-refractivity contribution in [2.75, 3.05) is 18.8 Å². The molecule has 29 heavy (non-hydrogen) atoms. The lowest BCUT2D eigenvalue weighted by molar-refractivity contribution is -0.120. The molecule has 0 aromatic heterocycles. The molecule has 156 valence electrons. The van der Waals surface area contributed by atoms with Gasteiger partial charge in [0.15, 0.2) is 11.6 Å². The van der Waals surface area contributed by atoms with E-state index in [4.69, 9.17) is 0 Å². The van der Waals surface area contributed by atoms with E-state index in [2.05, 4.69) is 29.4 Å². The van der Waals surface area contributed by atoms with Crippen molar-refractivity contribution in [2.45, 2.75) is 58.4 Å². The monoisotopic (exact) mass is 416 g/mol. The number of dihydropyridines is 1. The second-order valence-electron chi connectivity index (χ2n) is 10.8. The molecular weight excluding hydrogens is 388 g/mol. The lowest BCUT2D eigenvalue weighted by atomic mass is 9.59. The van der Waals surface area contributed by atoms with Gasteiger partial charge in [0.1, 0.15) is 0 Å². The van der Waals surface area contributed by atoms with Crippen molar-refractivity contribution in [3.05, 3.63) is 22.7 Å². The molecule has 3 heterocycles. The normalized spacial score (nSPS) is 32.9. The molecule has 6 aliphatic rings. The number of Topliss-reactive ketones (excluding diaryl/α,β-unsaturated/α-hetero) is 1. The van der Waals surface area contributed by atoms with Crippen LogP contribution in [-0.2, 0) is 14.8 Å². The van der Waals surface area contributed by atoms with E-state index < -0.39 is 15.4 Å². The Bertz CT molecular complexity index is 1010. The number of allylic oxidation sites excluding steroid dienone is 1. The van der Waals surface area contributed by atoms with E-state index in [1.165, 1.54) is 0 Å². The fourth-order valence-corrected chi connectivity index (χ4v) is 7.72. The van der Waals surface area contributed by atoms with Gasteiger partial charge in [-0.25, -0.2) is 8.42 Å². The minimum Gasteiger partial charge on any atom is -0.342 e. The number of fused-ring (bicyclic) bond motifs is 2. The molecule has 0 aromatic rings. The Balaban J connectivity index is 1.40. The number of carbonyl (C=O) groups is 1. The zero-order valence-electron chi connectivity index (χ0n) is 17.1. The van der Waals surface area contributed by atoms with Crippen LogP contribution in [0.25, 0.3) is 0 Å². The highest BCUT2D eigenvalue weighted by Gasteiger charge is 2.62. The summed E-state index contributed by atoms with van der Waals surface area (Å²) in [6.07, 6.45) is 5.59. The van der Waals surface area contributed by atoms with Crippen LogP contribution in [0.3, 0.4) is 0 Å². The quantitative estimate of drug-likeness (QED) is 0.763. The maximum atomic E-state index is 13.3. The second-order valence-corrected chi connectivity index (χ2v) is 12.8. The molecule has 1 unspecified atom stereocenters. The molecule has 3 aliphatic heterocycles. The molecule has 1 spiro atoms. The molecule has 2 saturated carbocycles. The number of azo groups is 1. The van der Waals surface area contributed by atoms with Crippen molar-refractivity contribution in [2.24, 2.45) is 32.9 Å². The predicted octanol–water partition coefficient (Wildman–Crippen LogP) is 2.73. The summed E-state index contributed by atoms with van der Waals surface area (Å²) in [6.45, 7) is 4.98. The van der Waals surface area contributed by atoms with Crippen molar-refractivity contribution in [3.63, 3.8) is 0 Å². The zero-order chi connectivity index (χ0) is 20.2. The Kier molecular flexibility index (Phi) is 3.51. The fraction of sp³-hybridized carbons (Fsp3) is 0.762. The Hall–Kier alpha value is -1.54. The summed E-state index contributed by atoms with van der Waals surface area (Å²) in [5.74, 6) is 2.00. The molecule has 0 amide bonds. The van der Waals surface area contributed by atoms with Crippen molar-refractivity contribution in [3.8, 4) is 0 Å². The molecule has 1 saturated heterocycles. The lowest BCUT2D eigenvalue weighted by Crippen LogP contribution is -2.64. The third-order valence-corrected chi connectivity index (χ3v) is 9.41. The van der Waals surface area contributed by atoms with E-state index in [0.717, 1.165) is 54.8 Å². The number of hydrogen-bond acceptors (Lipinski definition) is 6. The average molecular weight is 417 g/mol. The molecule has 3 fully saturated rings. The van der Waals surface area contributed by atoms with Crippen molar-refractivity contribution in [1.29, 1.82) is 0 Å². The number of nitrogens with zero attached hydrogens (tertiary/aromatic N) is 3. The molecule has 3 aliphatic carbocycles. The number of carbonyl (C=O) groups excluding carboxylic acids is 1. The summed E-state index contributed by atoms with van der Waals surface area (Å²) in [5, 5.41) is 12.5. The van der Waals surface area contributed by atoms with Gasteiger partial charge in [0.05, 0.1) is 17.2 Å². The highest BCUT2D eigenvalue weighted by atomic mass is 32.2. The highest BCUT2D eigenvalue weighted by Crippen LogP contribution is 2.59. The highest BCUT2D eigenvalue weighted by molar-refractivity contribution is 7.89. The number of ketones is 1. The lowest BCUT2D eigenvalue weighted by Gasteiger charge is -2.55. The summed E-state index contributed by atoms with van der Waals surface area (Å²) >= 11 is 0. The van der Waals surface area contributed by atoms with Crippen LogP contribution in [0, 0.1) is 22.7 Å². The minimum atomic E-state index is -3.27. The van der Waals surface area contributed by atoms with E-state index in [1.54, 1.807) is 4.31 Å². The predicted molar refractivity (Wildman–Crippen MR) is 107 cm³/mol. The Morgan fingerprint density at radius 1 is 1.14 bits per heavy atom. The minimum absolute atomic E-state index is 0.00238. The van der Waals surface area contributed by atoms with Gasteiger partial charge >= 0.3 is 0 Å². The van der Waals surface area contributed by atoms with Gasteiger partial charge in [0.2, 0.25) is 10.0 Å². The van der Waals surface area contributed by atoms with Crippen molar-refractivity contribution >= 4 is 15.8 Å². The van der Waals surface area contributed by atoms with E-state index >= 15 is 0 Å². The van der Waals surface area contributed by atoms with Gasteiger partial charge in [-0.3, -0.25) is 4.79 Å². The number of rotatable bonds is 4. The first kappa shape index (κ1) is 18.2. The van der Waals surface area contributed by atoms with E-state index in [9.17, 15) is 13.2 Å². The molecule has 1 atom stereocenters. The maximum Gasteiger partial charge on any atom is 0.214 e. The summed E-state index contributed by atoms with van der Waals surface area (Å²) < 4.78 is 27.4. The Morgan fingerprint density at radius 2 is 1.86 bits per heavy atom. The van der Waals surface area contributed by atoms with Gasteiger partial charge in [-0.15, -0.1) is 5.11 Å². The number of sulfonamides is 1. The van der Waals surface area contributed by atoms with Gasteiger partial charge in [0.25, 0.3) is 0 Å². The van der Waals surface area contributed by atoms with Crippen LogP contribution in [0.2, 0.25) is 0 Å². The van der Waals surface area contributed by atoms with Gasteiger partial charge < -0.3 is 5.32 Å². The molecule has 0 bridgehead atoms. The smallest absolute Gasteiger partial charge is 0.214 e. The molecule has 1 N–H and O–H groups in total. The summed E-state index contributed by atoms with van der Waals surface area (Å²) in [4.78, 5) is 13.3. The summed E-state index contributed by atoms with van der Waals surface area (Å²) in [5.41, 5.74) is 2.22. The van der Waals surface area contributed by atoms with Crippen molar-refractivity contribution in [1.82, 2.24) is 9.62 Å². The Labute approximate surface area is 171 Å². The van der Waals surface area contributed by atoms with Crippen LogP contribution in [0.5, 0.6) is 0 Å². The summed E-state index contributed by atoms with van der Waals surface area (Å²) in [7, 11) is -3.27. The molecule has 8 heteroatoms. The molecule has 6 rings (SSSR count).